The molecule has 2 nitrogen and oxygen atoms in total. The molecule has 2 fully saturated rings. The van der Waals surface area contributed by atoms with Crippen LogP contribution in [0.2, 0.25) is 0 Å². The first kappa shape index (κ1) is 12.8. The second-order valence-electron chi connectivity index (χ2n) is 6.89. The molecule has 0 radical (unpaired) electrons. The molecule has 0 aliphatic heterocycles. The van der Waals surface area contributed by atoms with Crippen molar-refractivity contribution in [2.24, 2.45) is 11.3 Å². The summed E-state index contributed by atoms with van der Waals surface area (Å²) in [6, 6.07) is 0.107. The molecule has 1 unspecified atom stereocenters. The van der Waals surface area contributed by atoms with Gasteiger partial charge in [0.1, 0.15) is 0 Å². The number of carbonyl (C=O) groups excluding carboxylic acids is 1. The van der Waals surface area contributed by atoms with Crippen LogP contribution in [0.3, 0.4) is 0 Å². The van der Waals surface area contributed by atoms with Crippen LogP contribution in [0.25, 0.3) is 0 Å². The summed E-state index contributed by atoms with van der Waals surface area (Å²) >= 11 is 0. The fourth-order valence-electron chi connectivity index (χ4n) is 2.32. The standard InChI is InChI=1S/C14H24FNO/c1-13(2,3)11(9-10-5-6-10)16-12(17)14(15)7-4-8-14/h10-11H,4-9H2,1-3H3,(H,16,17). The highest BCUT2D eigenvalue weighted by Gasteiger charge is 2.46. The van der Waals surface area contributed by atoms with Crippen molar-refractivity contribution in [1.82, 2.24) is 5.32 Å². The van der Waals surface area contributed by atoms with Crippen molar-refractivity contribution in [3.63, 3.8) is 0 Å². The zero-order chi connectivity index (χ0) is 12.7. The maximum atomic E-state index is 14.0. The first-order valence-electron chi connectivity index (χ1n) is 6.81. The minimum Gasteiger partial charge on any atom is -0.350 e. The van der Waals surface area contributed by atoms with Crippen LogP contribution < -0.4 is 5.32 Å². The molecule has 0 aromatic heterocycles. The van der Waals surface area contributed by atoms with E-state index in [-0.39, 0.29) is 17.4 Å². The van der Waals surface area contributed by atoms with Crippen molar-refractivity contribution in [3.05, 3.63) is 0 Å². The average molecular weight is 241 g/mol. The summed E-state index contributed by atoms with van der Waals surface area (Å²) in [5.41, 5.74) is -1.55. The zero-order valence-corrected chi connectivity index (χ0v) is 11.2. The van der Waals surface area contributed by atoms with Crippen LogP contribution in [-0.2, 0) is 4.79 Å². The van der Waals surface area contributed by atoms with E-state index in [0.717, 1.165) is 18.8 Å². The fourth-order valence-corrected chi connectivity index (χ4v) is 2.32. The summed E-state index contributed by atoms with van der Waals surface area (Å²) in [7, 11) is 0. The van der Waals surface area contributed by atoms with Gasteiger partial charge < -0.3 is 5.32 Å². The second kappa shape index (κ2) is 4.25. The van der Waals surface area contributed by atoms with Gasteiger partial charge in [-0.3, -0.25) is 4.79 Å². The summed E-state index contributed by atoms with van der Waals surface area (Å²) in [5, 5.41) is 2.96. The zero-order valence-electron chi connectivity index (χ0n) is 11.2. The number of halogens is 1. The minimum absolute atomic E-state index is 0.0123. The van der Waals surface area contributed by atoms with Gasteiger partial charge in [0.25, 0.3) is 5.91 Å². The lowest BCUT2D eigenvalue weighted by molar-refractivity contribution is -0.140. The Hall–Kier alpha value is -0.600. The Balaban J connectivity index is 1.94. The van der Waals surface area contributed by atoms with E-state index in [2.05, 4.69) is 26.1 Å². The van der Waals surface area contributed by atoms with Crippen LogP contribution in [-0.4, -0.2) is 17.6 Å². The Morgan fingerprint density at radius 2 is 2.00 bits per heavy atom. The Labute approximate surface area is 103 Å². The predicted molar refractivity (Wildman–Crippen MR) is 66.4 cm³/mol. The minimum atomic E-state index is -1.56. The molecule has 0 heterocycles. The number of amides is 1. The SMILES string of the molecule is CC(C)(C)C(CC1CC1)NC(=O)C1(F)CCC1. The topological polar surface area (TPSA) is 29.1 Å². The van der Waals surface area contributed by atoms with Gasteiger partial charge in [0, 0.05) is 6.04 Å². The predicted octanol–water partition coefficient (Wildman–Crippen LogP) is 3.21. The molecule has 98 valence electrons. The summed E-state index contributed by atoms with van der Waals surface area (Å²) in [5.74, 6) is 0.376. The molecule has 0 aromatic carbocycles. The molecule has 0 aromatic rings. The number of hydrogen-bond donors (Lipinski definition) is 1. The van der Waals surface area contributed by atoms with Gasteiger partial charge in [-0.25, -0.2) is 4.39 Å². The summed E-state index contributed by atoms with van der Waals surface area (Å²) in [6.45, 7) is 6.35. The van der Waals surface area contributed by atoms with E-state index in [1.807, 2.05) is 0 Å². The fraction of sp³-hybridized carbons (Fsp3) is 0.929. The van der Waals surface area contributed by atoms with Crippen molar-refractivity contribution in [2.45, 2.75) is 71.0 Å². The highest BCUT2D eigenvalue weighted by Crippen LogP contribution is 2.39. The molecule has 2 saturated carbocycles. The number of carbonyl (C=O) groups is 1. The number of hydrogen-bond acceptors (Lipinski definition) is 1. The molecule has 0 bridgehead atoms. The maximum absolute atomic E-state index is 14.0. The third kappa shape index (κ3) is 2.99. The molecule has 17 heavy (non-hydrogen) atoms. The van der Waals surface area contributed by atoms with Crippen LogP contribution in [0.4, 0.5) is 4.39 Å². The maximum Gasteiger partial charge on any atom is 0.257 e. The van der Waals surface area contributed by atoms with Crippen molar-refractivity contribution in [1.29, 1.82) is 0 Å². The smallest absolute Gasteiger partial charge is 0.257 e. The van der Waals surface area contributed by atoms with E-state index in [0.29, 0.717) is 12.8 Å². The first-order valence-corrected chi connectivity index (χ1v) is 6.81. The Bertz CT molecular complexity index is 300. The van der Waals surface area contributed by atoms with E-state index >= 15 is 0 Å². The molecular weight excluding hydrogens is 217 g/mol. The molecule has 2 aliphatic carbocycles. The molecule has 1 amide bonds. The molecular formula is C14H24FNO. The van der Waals surface area contributed by atoms with Gasteiger partial charge in [-0.05, 0) is 37.0 Å². The average Bonchev–Trinajstić information content (AvgIpc) is 2.95. The molecule has 1 N–H and O–H groups in total. The van der Waals surface area contributed by atoms with Gasteiger partial charge >= 0.3 is 0 Å². The van der Waals surface area contributed by atoms with Crippen molar-refractivity contribution in [3.8, 4) is 0 Å². The second-order valence-corrected chi connectivity index (χ2v) is 6.89. The van der Waals surface area contributed by atoms with Gasteiger partial charge in [0.2, 0.25) is 0 Å². The molecule has 1 atom stereocenters. The van der Waals surface area contributed by atoms with E-state index < -0.39 is 5.67 Å². The number of alkyl halides is 1. The summed E-state index contributed by atoms with van der Waals surface area (Å²) < 4.78 is 14.0. The van der Waals surface area contributed by atoms with E-state index in [1.165, 1.54) is 12.8 Å². The van der Waals surface area contributed by atoms with Crippen LogP contribution >= 0.6 is 0 Å². The monoisotopic (exact) mass is 241 g/mol. The van der Waals surface area contributed by atoms with E-state index in [4.69, 9.17) is 0 Å². The summed E-state index contributed by atoms with van der Waals surface area (Å²) in [6.07, 6.45) is 5.18. The lowest BCUT2D eigenvalue weighted by Gasteiger charge is -2.37. The van der Waals surface area contributed by atoms with Gasteiger partial charge in [-0.2, -0.15) is 0 Å². The summed E-state index contributed by atoms with van der Waals surface area (Å²) in [4.78, 5) is 11.9. The normalized spacial score (nSPS) is 24.9. The largest absolute Gasteiger partial charge is 0.350 e. The molecule has 3 heteroatoms. The Morgan fingerprint density at radius 1 is 1.41 bits per heavy atom. The Morgan fingerprint density at radius 3 is 2.35 bits per heavy atom. The first-order chi connectivity index (χ1) is 7.81. The van der Waals surface area contributed by atoms with Gasteiger partial charge in [-0.15, -0.1) is 0 Å². The lowest BCUT2D eigenvalue weighted by atomic mass is 9.79. The quantitative estimate of drug-likeness (QED) is 0.804. The van der Waals surface area contributed by atoms with E-state index in [1.54, 1.807) is 0 Å². The van der Waals surface area contributed by atoms with Crippen molar-refractivity contribution < 1.29 is 9.18 Å². The Kier molecular flexibility index (Phi) is 3.21. The third-order valence-electron chi connectivity index (χ3n) is 4.17. The van der Waals surface area contributed by atoms with E-state index in [9.17, 15) is 9.18 Å². The molecule has 0 spiro atoms. The third-order valence-corrected chi connectivity index (χ3v) is 4.17. The molecule has 0 saturated heterocycles. The number of nitrogens with one attached hydrogen (secondary N) is 1. The van der Waals surface area contributed by atoms with Gasteiger partial charge in [-0.1, -0.05) is 33.6 Å². The number of rotatable bonds is 4. The van der Waals surface area contributed by atoms with Crippen molar-refractivity contribution in [2.75, 3.05) is 0 Å². The van der Waals surface area contributed by atoms with Crippen molar-refractivity contribution >= 4 is 5.91 Å². The molecule has 2 rings (SSSR count). The lowest BCUT2D eigenvalue weighted by Crippen LogP contribution is -2.54. The van der Waals surface area contributed by atoms with Crippen LogP contribution in [0.1, 0.15) is 59.3 Å². The van der Waals surface area contributed by atoms with Crippen LogP contribution in [0.5, 0.6) is 0 Å². The highest BCUT2D eigenvalue weighted by atomic mass is 19.1. The highest BCUT2D eigenvalue weighted by molar-refractivity contribution is 5.86. The van der Waals surface area contributed by atoms with Gasteiger partial charge in [0.15, 0.2) is 5.67 Å². The molecule has 2 aliphatic rings. The van der Waals surface area contributed by atoms with Crippen LogP contribution in [0, 0.1) is 11.3 Å². The van der Waals surface area contributed by atoms with Gasteiger partial charge in [0.05, 0.1) is 0 Å². The van der Waals surface area contributed by atoms with Crippen LogP contribution in [0.15, 0.2) is 0 Å².